The number of nitrogens with zero attached hydrogens (tertiary/aromatic N) is 2. The second-order valence-corrected chi connectivity index (χ2v) is 6.01. The summed E-state index contributed by atoms with van der Waals surface area (Å²) in [6.07, 6.45) is 3.10. The van der Waals surface area contributed by atoms with Crippen LogP contribution in [0.1, 0.15) is 31.4 Å². The van der Waals surface area contributed by atoms with E-state index >= 15 is 0 Å². The van der Waals surface area contributed by atoms with Crippen LogP contribution in [0.4, 0.5) is 0 Å². The Balaban J connectivity index is 3.08. The molecule has 0 aliphatic rings. The Labute approximate surface area is 84.9 Å². The molecule has 0 atom stereocenters. The third kappa shape index (κ3) is 2.83. The third-order valence-corrected chi connectivity index (χ3v) is 2.66. The highest BCUT2D eigenvalue weighted by Gasteiger charge is 2.13. The van der Waals surface area contributed by atoms with Crippen molar-refractivity contribution < 1.29 is 8.42 Å². The van der Waals surface area contributed by atoms with E-state index in [4.69, 9.17) is 0 Å². The van der Waals surface area contributed by atoms with Crippen LogP contribution in [0.2, 0.25) is 0 Å². The molecule has 0 saturated heterocycles. The summed E-state index contributed by atoms with van der Waals surface area (Å²) >= 11 is 0. The fourth-order valence-corrected chi connectivity index (χ4v) is 2.04. The summed E-state index contributed by atoms with van der Waals surface area (Å²) in [6.45, 7) is 5.88. The van der Waals surface area contributed by atoms with E-state index in [0.29, 0.717) is 5.82 Å². The molecule has 0 aliphatic heterocycles. The minimum absolute atomic E-state index is 0.0129. The lowest BCUT2D eigenvalue weighted by Crippen LogP contribution is -2.10. The highest BCUT2D eigenvalue weighted by Crippen LogP contribution is 2.12. The Bertz CT molecular complexity index is 418. The van der Waals surface area contributed by atoms with Crippen molar-refractivity contribution in [3.63, 3.8) is 0 Å². The Kier molecular flexibility index (Phi) is 2.99. The van der Waals surface area contributed by atoms with E-state index in [9.17, 15) is 8.42 Å². The second kappa shape index (κ2) is 3.73. The van der Waals surface area contributed by atoms with E-state index in [-0.39, 0.29) is 11.8 Å². The van der Waals surface area contributed by atoms with Gasteiger partial charge in [-0.3, -0.25) is 0 Å². The average Bonchev–Trinajstić information content (AvgIpc) is 2.27. The molecule has 0 saturated carbocycles. The first-order chi connectivity index (χ1) is 6.29. The van der Waals surface area contributed by atoms with E-state index in [0.717, 1.165) is 5.69 Å². The summed E-state index contributed by atoms with van der Waals surface area (Å²) in [4.78, 5) is 4.20. The van der Waals surface area contributed by atoms with Gasteiger partial charge in [0.2, 0.25) is 0 Å². The van der Waals surface area contributed by atoms with Gasteiger partial charge in [-0.15, -0.1) is 0 Å². The lowest BCUT2D eigenvalue weighted by atomic mass is 10.4. The third-order valence-electron chi connectivity index (χ3n) is 1.88. The van der Waals surface area contributed by atoms with Crippen LogP contribution in [0.3, 0.4) is 0 Å². The maximum absolute atomic E-state index is 11.1. The lowest BCUT2D eigenvalue weighted by Gasteiger charge is -2.10. The van der Waals surface area contributed by atoms with Crippen molar-refractivity contribution in [3.8, 4) is 0 Å². The van der Waals surface area contributed by atoms with Gasteiger partial charge in [-0.05, 0) is 20.8 Å². The largest absolute Gasteiger partial charge is 0.331 e. The molecule has 1 rings (SSSR count). The highest BCUT2D eigenvalue weighted by molar-refractivity contribution is 7.89. The molecule has 4 nitrogen and oxygen atoms in total. The minimum atomic E-state index is -3.00. The molecule has 0 radical (unpaired) electrons. The molecule has 0 spiro atoms. The number of hydrogen-bond donors (Lipinski definition) is 0. The smallest absolute Gasteiger partial charge is 0.154 e. The summed E-state index contributed by atoms with van der Waals surface area (Å²) < 4.78 is 24.2. The van der Waals surface area contributed by atoms with E-state index < -0.39 is 9.84 Å². The molecule has 0 unspecified atom stereocenters. The molecule has 0 bridgehead atoms. The van der Waals surface area contributed by atoms with Crippen molar-refractivity contribution in [1.82, 2.24) is 9.55 Å². The zero-order chi connectivity index (χ0) is 10.9. The van der Waals surface area contributed by atoms with Gasteiger partial charge in [-0.25, -0.2) is 13.4 Å². The average molecular weight is 216 g/mol. The maximum atomic E-state index is 11.1. The van der Waals surface area contributed by atoms with Crippen LogP contribution in [0, 0.1) is 6.92 Å². The van der Waals surface area contributed by atoms with Gasteiger partial charge in [0.1, 0.15) is 11.6 Å². The van der Waals surface area contributed by atoms with Crippen molar-refractivity contribution >= 4 is 9.84 Å². The summed E-state index contributed by atoms with van der Waals surface area (Å²) in [6, 6.07) is 0.243. The Morgan fingerprint density at radius 3 is 2.50 bits per heavy atom. The van der Waals surface area contributed by atoms with Gasteiger partial charge in [0.05, 0.1) is 5.69 Å². The van der Waals surface area contributed by atoms with Gasteiger partial charge < -0.3 is 4.57 Å². The van der Waals surface area contributed by atoms with Crippen molar-refractivity contribution in [1.29, 1.82) is 0 Å². The van der Waals surface area contributed by atoms with E-state index in [1.54, 1.807) is 0 Å². The quantitative estimate of drug-likeness (QED) is 0.765. The fourth-order valence-electron chi connectivity index (χ4n) is 1.35. The van der Waals surface area contributed by atoms with Gasteiger partial charge in [-0.1, -0.05) is 0 Å². The van der Waals surface area contributed by atoms with Crippen LogP contribution >= 0.6 is 0 Å². The summed E-state index contributed by atoms with van der Waals surface area (Å²) in [5.74, 6) is 0.638. The lowest BCUT2D eigenvalue weighted by molar-refractivity contribution is 0.568. The fraction of sp³-hybridized carbons (Fsp3) is 0.667. The molecule has 0 aromatic carbocycles. The summed E-state index contributed by atoms with van der Waals surface area (Å²) in [5, 5.41) is 0. The predicted molar refractivity (Wildman–Crippen MR) is 55.9 cm³/mol. The normalized spacial score (nSPS) is 12.4. The monoisotopic (exact) mass is 216 g/mol. The molecule has 14 heavy (non-hydrogen) atoms. The number of sulfone groups is 1. The Morgan fingerprint density at radius 1 is 1.50 bits per heavy atom. The highest BCUT2D eigenvalue weighted by atomic mass is 32.2. The SMILES string of the molecule is Cc1cn(C(C)C)c(CS(C)(=O)=O)n1. The second-order valence-electron chi connectivity index (χ2n) is 3.87. The molecule has 1 aromatic rings. The molecular weight excluding hydrogens is 200 g/mol. The molecule has 80 valence electrons. The van der Waals surface area contributed by atoms with E-state index in [1.807, 2.05) is 31.5 Å². The van der Waals surface area contributed by atoms with Gasteiger partial charge in [0, 0.05) is 18.5 Å². The standard InChI is InChI=1S/C9H16N2O2S/c1-7(2)11-5-8(3)10-9(11)6-14(4,12)13/h5,7H,6H2,1-4H3. The zero-order valence-corrected chi connectivity index (χ0v) is 9.80. The molecule has 0 fully saturated rings. The molecule has 5 heteroatoms. The Morgan fingerprint density at radius 2 is 2.07 bits per heavy atom. The number of imidazole rings is 1. The first kappa shape index (κ1) is 11.2. The number of aryl methyl sites for hydroxylation is 1. The van der Waals surface area contributed by atoms with Crippen molar-refractivity contribution in [2.24, 2.45) is 0 Å². The van der Waals surface area contributed by atoms with Crippen molar-refractivity contribution in [2.75, 3.05) is 6.26 Å². The van der Waals surface area contributed by atoms with Gasteiger partial charge in [0.25, 0.3) is 0 Å². The minimum Gasteiger partial charge on any atom is -0.331 e. The molecule has 0 amide bonds. The first-order valence-electron chi connectivity index (χ1n) is 4.51. The molecule has 1 aromatic heterocycles. The first-order valence-corrected chi connectivity index (χ1v) is 6.57. The van der Waals surface area contributed by atoms with Crippen LogP contribution in [0.25, 0.3) is 0 Å². The van der Waals surface area contributed by atoms with Gasteiger partial charge in [-0.2, -0.15) is 0 Å². The molecule has 0 aliphatic carbocycles. The number of aromatic nitrogens is 2. The molecule has 1 heterocycles. The summed E-state index contributed by atoms with van der Waals surface area (Å²) in [7, 11) is -3.00. The zero-order valence-electron chi connectivity index (χ0n) is 8.98. The van der Waals surface area contributed by atoms with E-state index in [1.165, 1.54) is 6.26 Å². The van der Waals surface area contributed by atoms with E-state index in [2.05, 4.69) is 4.98 Å². The number of rotatable bonds is 3. The van der Waals surface area contributed by atoms with Gasteiger partial charge >= 0.3 is 0 Å². The van der Waals surface area contributed by atoms with Crippen LogP contribution in [0.5, 0.6) is 0 Å². The van der Waals surface area contributed by atoms with Crippen molar-refractivity contribution in [2.45, 2.75) is 32.6 Å². The van der Waals surface area contributed by atoms with Crippen molar-refractivity contribution in [3.05, 3.63) is 17.7 Å². The van der Waals surface area contributed by atoms with Crippen LogP contribution < -0.4 is 0 Å². The Hall–Kier alpha value is -0.840. The van der Waals surface area contributed by atoms with Crippen LogP contribution in [0.15, 0.2) is 6.20 Å². The number of hydrogen-bond acceptors (Lipinski definition) is 3. The molecular formula is C9H16N2O2S. The van der Waals surface area contributed by atoms with Gasteiger partial charge in [0.15, 0.2) is 9.84 Å². The summed E-state index contributed by atoms with van der Waals surface area (Å²) in [5.41, 5.74) is 0.859. The van der Waals surface area contributed by atoms with Crippen LogP contribution in [-0.2, 0) is 15.6 Å². The topological polar surface area (TPSA) is 52.0 Å². The molecule has 0 N–H and O–H groups in total. The van der Waals surface area contributed by atoms with Crippen LogP contribution in [-0.4, -0.2) is 24.2 Å². The predicted octanol–water partition coefficient (Wildman–Crippen LogP) is 1.32. The maximum Gasteiger partial charge on any atom is 0.154 e.